The molecule has 4 rings (SSSR count). The monoisotopic (exact) mass is 399 g/mol. The lowest BCUT2D eigenvalue weighted by atomic mass is 9.95. The lowest BCUT2D eigenvalue weighted by Crippen LogP contribution is -2.12. The fraction of sp³-hybridized carbons (Fsp3) is 0.167. The summed E-state index contributed by atoms with van der Waals surface area (Å²) in [5.74, 6) is 0.175. The highest BCUT2D eigenvalue weighted by atomic mass is 16.5. The summed E-state index contributed by atoms with van der Waals surface area (Å²) >= 11 is 0. The Morgan fingerprint density at radius 3 is 2.40 bits per heavy atom. The highest BCUT2D eigenvalue weighted by molar-refractivity contribution is 5.98. The summed E-state index contributed by atoms with van der Waals surface area (Å²) in [5, 5.41) is 11.9. The van der Waals surface area contributed by atoms with Crippen LogP contribution in [-0.2, 0) is 12.8 Å². The Morgan fingerprint density at radius 2 is 1.67 bits per heavy atom. The van der Waals surface area contributed by atoms with Crippen LogP contribution in [0.2, 0.25) is 0 Å². The van der Waals surface area contributed by atoms with Gasteiger partial charge in [0.2, 0.25) is 0 Å². The number of phenolic OH excluding ortho intramolecular Hbond substituents is 1. The SMILES string of the molecule is Cc1cc(CCc2cc3cnccc3cc2C(=O)Oc2cncnc2)cc(C)c1O. The molecule has 0 bridgehead atoms. The van der Waals surface area contributed by atoms with Gasteiger partial charge in [-0.15, -0.1) is 0 Å². The maximum atomic E-state index is 12.9. The summed E-state index contributed by atoms with van der Waals surface area (Å²) in [6.45, 7) is 3.77. The standard InChI is InChI=1S/C24H21N3O3/c1-15-7-17(8-16(2)23(15)28)3-4-19-9-20-11-25-6-5-18(20)10-22(19)24(29)30-21-12-26-14-27-13-21/h5-14,28H,3-4H2,1-2H3. The molecule has 2 aromatic carbocycles. The van der Waals surface area contributed by atoms with Crippen molar-refractivity contribution in [2.24, 2.45) is 0 Å². The number of pyridine rings is 1. The first-order valence-electron chi connectivity index (χ1n) is 9.64. The van der Waals surface area contributed by atoms with Crippen molar-refractivity contribution in [3.8, 4) is 11.5 Å². The number of aryl methyl sites for hydroxylation is 4. The number of hydrogen-bond acceptors (Lipinski definition) is 6. The Balaban J connectivity index is 1.67. The van der Waals surface area contributed by atoms with Crippen molar-refractivity contribution in [1.29, 1.82) is 0 Å². The molecule has 0 spiro atoms. The number of benzene rings is 2. The molecule has 1 N–H and O–H groups in total. The summed E-state index contributed by atoms with van der Waals surface area (Å²) in [7, 11) is 0. The van der Waals surface area contributed by atoms with E-state index in [1.807, 2.05) is 44.2 Å². The minimum absolute atomic E-state index is 0.299. The van der Waals surface area contributed by atoms with Gasteiger partial charge in [0.05, 0.1) is 18.0 Å². The lowest BCUT2D eigenvalue weighted by molar-refractivity contribution is 0.0732. The van der Waals surface area contributed by atoms with Gasteiger partial charge in [-0.05, 0) is 72.5 Å². The van der Waals surface area contributed by atoms with Crippen LogP contribution in [0.5, 0.6) is 11.5 Å². The molecule has 0 aliphatic heterocycles. The second-order valence-corrected chi connectivity index (χ2v) is 7.27. The number of ether oxygens (including phenoxy) is 1. The molecule has 0 fully saturated rings. The third-order valence-corrected chi connectivity index (χ3v) is 5.06. The summed E-state index contributed by atoms with van der Waals surface area (Å²) in [5.41, 5.74) is 4.17. The van der Waals surface area contributed by atoms with Gasteiger partial charge in [-0.25, -0.2) is 14.8 Å². The first kappa shape index (κ1) is 19.5. The fourth-order valence-electron chi connectivity index (χ4n) is 3.55. The number of aromatic hydroxyl groups is 1. The number of carbonyl (C=O) groups excluding carboxylic acids is 1. The number of nitrogens with zero attached hydrogens (tertiary/aromatic N) is 3. The molecule has 0 amide bonds. The second-order valence-electron chi connectivity index (χ2n) is 7.27. The van der Waals surface area contributed by atoms with Crippen molar-refractivity contribution in [3.63, 3.8) is 0 Å². The molecule has 0 aliphatic carbocycles. The van der Waals surface area contributed by atoms with Crippen molar-refractivity contribution in [3.05, 3.63) is 89.3 Å². The normalized spacial score (nSPS) is 10.9. The minimum Gasteiger partial charge on any atom is -0.507 e. The molecule has 0 saturated heterocycles. The van der Waals surface area contributed by atoms with E-state index in [2.05, 4.69) is 15.0 Å². The minimum atomic E-state index is -0.448. The van der Waals surface area contributed by atoms with E-state index in [1.165, 1.54) is 18.7 Å². The third kappa shape index (κ3) is 4.12. The van der Waals surface area contributed by atoms with E-state index in [-0.39, 0.29) is 0 Å². The van der Waals surface area contributed by atoms with E-state index in [9.17, 15) is 9.90 Å². The van der Waals surface area contributed by atoms with Crippen molar-refractivity contribution >= 4 is 16.7 Å². The number of rotatable bonds is 5. The summed E-state index contributed by atoms with van der Waals surface area (Å²) in [6, 6.07) is 9.65. The van der Waals surface area contributed by atoms with Gasteiger partial charge in [0, 0.05) is 17.8 Å². The smallest absolute Gasteiger partial charge is 0.343 e. The van der Waals surface area contributed by atoms with Crippen molar-refractivity contribution in [2.45, 2.75) is 26.7 Å². The summed E-state index contributed by atoms with van der Waals surface area (Å²) < 4.78 is 5.48. The molecular weight excluding hydrogens is 378 g/mol. The molecule has 150 valence electrons. The predicted octanol–water partition coefficient (Wildman–Crippen LogP) is 4.35. The number of hydrogen-bond donors (Lipinski definition) is 1. The van der Waals surface area contributed by atoms with Gasteiger partial charge in [0.15, 0.2) is 5.75 Å². The first-order chi connectivity index (χ1) is 14.5. The largest absolute Gasteiger partial charge is 0.507 e. The Kier molecular flexibility index (Phi) is 5.39. The maximum Gasteiger partial charge on any atom is 0.343 e. The molecule has 30 heavy (non-hydrogen) atoms. The van der Waals surface area contributed by atoms with Gasteiger partial charge in [-0.3, -0.25) is 4.98 Å². The average molecular weight is 399 g/mol. The molecule has 0 unspecified atom stereocenters. The van der Waals surface area contributed by atoms with Gasteiger partial charge in [-0.2, -0.15) is 0 Å². The number of carbonyl (C=O) groups is 1. The zero-order valence-corrected chi connectivity index (χ0v) is 16.8. The third-order valence-electron chi connectivity index (χ3n) is 5.06. The quantitative estimate of drug-likeness (QED) is 0.502. The molecule has 0 aliphatic rings. The van der Waals surface area contributed by atoms with Crippen molar-refractivity contribution < 1.29 is 14.6 Å². The molecule has 2 aromatic heterocycles. The van der Waals surface area contributed by atoms with Crippen LogP contribution in [-0.4, -0.2) is 26.0 Å². The molecule has 0 radical (unpaired) electrons. The molecule has 0 atom stereocenters. The maximum absolute atomic E-state index is 12.9. The number of aromatic nitrogens is 3. The topological polar surface area (TPSA) is 85.2 Å². The fourth-order valence-corrected chi connectivity index (χ4v) is 3.55. The van der Waals surface area contributed by atoms with Crippen molar-refractivity contribution in [1.82, 2.24) is 15.0 Å². The second kappa shape index (κ2) is 8.29. The highest BCUT2D eigenvalue weighted by Crippen LogP contribution is 2.26. The highest BCUT2D eigenvalue weighted by Gasteiger charge is 2.16. The Labute approximate surface area is 174 Å². The molecule has 6 heteroatoms. The van der Waals surface area contributed by atoms with Crippen LogP contribution >= 0.6 is 0 Å². The molecular formula is C24H21N3O3. The van der Waals surface area contributed by atoms with Crippen LogP contribution in [0.3, 0.4) is 0 Å². The van der Waals surface area contributed by atoms with Crippen LogP contribution < -0.4 is 4.74 Å². The van der Waals surface area contributed by atoms with Crippen LogP contribution in [0.15, 0.2) is 61.4 Å². The van der Waals surface area contributed by atoms with Gasteiger partial charge >= 0.3 is 5.97 Å². The van der Waals surface area contributed by atoms with Gasteiger partial charge in [0.25, 0.3) is 0 Å². The number of esters is 1. The Hall–Kier alpha value is -3.80. The van der Waals surface area contributed by atoms with Crippen LogP contribution in [0, 0.1) is 13.8 Å². The predicted molar refractivity (Wildman–Crippen MR) is 114 cm³/mol. The Bertz CT molecular complexity index is 1200. The van der Waals surface area contributed by atoms with Gasteiger partial charge in [0.1, 0.15) is 12.1 Å². The lowest BCUT2D eigenvalue weighted by Gasteiger charge is -2.12. The zero-order chi connectivity index (χ0) is 21.1. The van der Waals surface area contributed by atoms with E-state index < -0.39 is 5.97 Å². The average Bonchev–Trinajstić information content (AvgIpc) is 2.76. The van der Waals surface area contributed by atoms with E-state index in [4.69, 9.17) is 4.74 Å². The van der Waals surface area contributed by atoms with E-state index in [0.717, 1.165) is 39.4 Å². The van der Waals surface area contributed by atoms with Gasteiger partial charge in [-0.1, -0.05) is 12.1 Å². The number of phenols is 1. The summed E-state index contributed by atoms with van der Waals surface area (Å²) in [6.07, 6.45) is 9.15. The van der Waals surface area contributed by atoms with E-state index in [0.29, 0.717) is 23.5 Å². The van der Waals surface area contributed by atoms with E-state index in [1.54, 1.807) is 12.4 Å². The molecule has 0 saturated carbocycles. The Morgan fingerprint density at radius 1 is 0.933 bits per heavy atom. The molecule has 2 heterocycles. The first-order valence-corrected chi connectivity index (χ1v) is 9.64. The summed E-state index contributed by atoms with van der Waals surface area (Å²) in [4.78, 5) is 24.9. The van der Waals surface area contributed by atoms with Crippen LogP contribution in [0.4, 0.5) is 0 Å². The van der Waals surface area contributed by atoms with Crippen molar-refractivity contribution in [2.75, 3.05) is 0 Å². The zero-order valence-electron chi connectivity index (χ0n) is 16.8. The van der Waals surface area contributed by atoms with E-state index >= 15 is 0 Å². The van der Waals surface area contributed by atoms with Crippen LogP contribution in [0.1, 0.15) is 32.6 Å². The number of fused-ring (bicyclic) bond motifs is 1. The molecule has 4 aromatic rings. The van der Waals surface area contributed by atoms with Gasteiger partial charge < -0.3 is 9.84 Å². The molecule has 6 nitrogen and oxygen atoms in total. The van der Waals surface area contributed by atoms with Crippen LogP contribution in [0.25, 0.3) is 10.8 Å².